The minimum atomic E-state index is 0.956. The van der Waals surface area contributed by atoms with Crippen LogP contribution >= 0.6 is 9.69 Å². The molecule has 2 rings (SSSR count). The molecule has 0 unspecified atom stereocenters. The van der Waals surface area contributed by atoms with E-state index in [1.165, 1.54) is 0 Å². The Morgan fingerprint density at radius 1 is 1.20 bits per heavy atom. The van der Waals surface area contributed by atoms with Crippen molar-refractivity contribution in [3.8, 4) is 0 Å². The van der Waals surface area contributed by atoms with E-state index in [4.69, 9.17) is 9.59 Å². The molecule has 0 bridgehead atoms. The fourth-order valence-electron chi connectivity index (χ4n) is 0.883. The summed E-state index contributed by atoms with van der Waals surface area (Å²) in [4.78, 5) is 22.1. The minimum absolute atomic E-state index is 0.956. The molecule has 2 radical (unpaired) electrons. The fraction of sp³-hybridized carbons (Fsp3) is 0. The molecular weight excluding hydrogens is 306 g/mol. The van der Waals surface area contributed by atoms with Crippen LogP contribution in [-0.2, 0) is 26.9 Å². The van der Waals surface area contributed by atoms with Gasteiger partial charge in [0, 0.05) is 17.8 Å². The number of aromatic nitrogens is 2. The maximum atomic E-state index is 7.50. The summed E-state index contributed by atoms with van der Waals surface area (Å²) in [6, 6.07) is 5.96. The zero-order valence-corrected chi connectivity index (χ0v) is 9.76. The molecule has 2 heterocycles. The molecule has 0 fully saturated rings. The van der Waals surface area contributed by atoms with Gasteiger partial charge < -0.3 is 28.2 Å². The summed E-state index contributed by atoms with van der Waals surface area (Å²) < 4.78 is 0. The Morgan fingerprint density at radius 2 is 1.80 bits per heavy atom. The molecule has 4 nitrogen and oxygen atoms in total. The van der Waals surface area contributed by atoms with Crippen molar-refractivity contribution in [1.29, 1.82) is 0 Å². The van der Waals surface area contributed by atoms with Crippen LogP contribution in [0.5, 0.6) is 0 Å². The third-order valence-electron chi connectivity index (χ3n) is 1.32. The molecule has 0 spiro atoms. The number of fused-ring (bicyclic) bond motifs is 1. The second kappa shape index (κ2) is 12.9. The van der Waals surface area contributed by atoms with E-state index in [1.54, 1.807) is 6.20 Å². The number of nitrogens with zero attached hydrogens (tertiary/aromatic N) is 1. The van der Waals surface area contributed by atoms with E-state index in [9.17, 15) is 0 Å². The summed E-state index contributed by atoms with van der Waals surface area (Å²) in [5.41, 5.74) is 0.956. The fourth-order valence-corrected chi connectivity index (χ4v) is 0.883. The molecule has 6 heteroatoms. The van der Waals surface area contributed by atoms with Crippen LogP contribution in [0.2, 0.25) is 0 Å². The van der Waals surface area contributed by atoms with E-state index in [-0.39, 0.29) is 0 Å². The summed E-state index contributed by atoms with van der Waals surface area (Å²) in [6.45, 7) is 9.00. The first-order valence-electron chi connectivity index (χ1n) is 3.38. The Balaban J connectivity index is 0. The van der Waals surface area contributed by atoms with E-state index in [1.807, 2.05) is 41.7 Å². The Hall–Kier alpha value is -1.06. The van der Waals surface area contributed by atoms with Gasteiger partial charge in [-0.15, -0.1) is 0 Å². The van der Waals surface area contributed by atoms with Gasteiger partial charge in [-0.05, 0) is 18.2 Å². The molecule has 0 aromatic carbocycles. The van der Waals surface area contributed by atoms with Crippen molar-refractivity contribution in [3.63, 3.8) is 0 Å². The maximum Gasteiger partial charge on any atom is 0.137 e. The topological polar surface area (TPSA) is 62.8 Å². The molecular formula is C9H6ClN2O2Rh. The van der Waals surface area contributed by atoms with Crippen LogP contribution in [0.15, 0.2) is 30.6 Å². The number of hydrogen-bond donors (Lipinski definition) is 1. The predicted octanol–water partition coefficient (Wildman–Crippen LogP) is 1.46. The van der Waals surface area contributed by atoms with Gasteiger partial charge in [0.05, 0.1) is 0 Å². The number of rotatable bonds is 0. The van der Waals surface area contributed by atoms with Crippen molar-refractivity contribution in [3.05, 3.63) is 30.6 Å². The number of carbonyl (C=O) groups excluding carboxylic acids is 2. The van der Waals surface area contributed by atoms with Gasteiger partial charge in [0.2, 0.25) is 0 Å². The largest absolute Gasteiger partial charge is 0.346 e. The van der Waals surface area contributed by atoms with Crippen LogP contribution in [0.1, 0.15) is 0 Å². The molecule has 15 heavy (non-hydrogen) atoms. The van der Waals surface area contributed by atoms with Crippen molar-refractivity contribution >= 4 is 34.3 Å². The number of pyridine rings is 1. The zero-order chi connectivity index (χ0) is 12.1. The summed E-state index contributed by atoms with van der Waals surface area (Å²) in [7, 11) is 4.53. The molecule has 2 aromatic heterocycles. The van der Waals surface area contributed by atoms with E-state index in [0.29, 0.717) is 0 Å². The second-order valence-electron chi connectivity index (χ2n) is 1.92. The zero-order valence-electron chi connectivity index (χ0n) is 7.36. The molecule has 80 valence electrons. The first-order valence-corrected chi connectivity index (χ1v) is 5.49. The molecule has 0 saturated heterocycles. The number of aromatic amines is 1. The maximum absolute atomic E-state index is 7.50. The van der Waals surface area contributed by atoms with E-state index in [2.05, 4.69) is 33.2 Å². The Morgan fingerprint density at radius 3 is 2.33 bits per heavy atom. The Kier molecular flexibility index (Phi) is 14.1. The first-order chi connectivity index (χ1) is 7.47. The summed E-state index contributed by atoms with van der Waals surface area (Å²) in [5.74, 6) is 0. The Bertz CT molecular complexity index is 324. The summed E-state index contributed by atoms with van der Waals surface area (Å²) in [6.07, 6.45) is 3.66. The van der Waals surface area contributed by atoms with Gasteiger partial charge in [-0.25, -0.2) is 4.98 Å². The number of nitrogens with one attached hydrogen (secondary N) is 1. The smallest absolute Gasteiger partial charge is 0.137 e. The summed E-state index contributed by atoms with van der Waals surface area (Å²) in [5, 5.41) is 1.16. The predicted molar refractivity (Wildman–Crippen MR) is 53.3 cm³/mol. The van der Waals surface area contributed by atoms with Crippen LogP contribution < -0.4 is 0 Å². The third-order valence-corrected chi connectivity index (χ3v) is 1.32. The van der Waals surface area contributed by atoms with Crippen LogP contribution in [-0.4, -0.2) is 23.5 Å². The molecule has 0 aliphatic rings. The number of hydrogen-bond acceptors (Lipinski definition) is 3. The molecule has 1 N–H and O–H groups in total. The van der Waals surface area contributed by atoms with Gasteiger partial charge in [-0.3, -0.25) is 0 Å². The molecule has 0 aliphatic carbocycles. The van der Waals surface area contributed by atoms with Gasteiger partial charge in [0.25, 0.3) is 0 Å². The van der Waals surface area contributed by atoms with Crippen LogP contribution in [0.25, 0.3) is 11.0 Å². The van der Waals surface area contributed by atoms with Gasteiger partial charge in [-0.1, -0.05) is 0 Å². The Labute approximate surface area is 102 Å². The second-order valence-corrected chi connectivity index (χ2v) is 1.92. The SMILES string of the molecule is [C-]=O.[C-]=O.[Cl][Rh+2].c1cnc2[nH]ccc2c1. The van der Waals surface area contributed by atoms with Crippen LogP contribution in [0.3, 0.4) is 0 Å². The number of halogens is 1. The van der Waals surface area contributed by atoms with Crippen molar-refractivity contribution in [1.82, 2.24) is 9.97 Å². The van der Waals surface area contributed by atoms with E-state index >= 15 is 0 Å². The van der Waals surface area contributed by atoms with Gasteiger partial charge in [-0.2, -0.15) is 0 Å². The normalized spacial score (nSPS) is 7.07. The molecule has 0 atom stereocenters. The van der Waals surface area contributed by atoms with Crippen molar-refractivity contribution in [2.24, 2.45) is 0 Å². The minimum Gasteiger partial charge on any atom is -0.346 e. The quantitative estimate of drug-likeness (QED) is 0.592. The van der Waals surface area contributed by atoms with E-state index in [0.717, 1.165) is 11.0 Å². The molecule has 0 aliphatic heterocycles. The molecule has 2 aromatic rings. The van der Waals surface area contributed by atoms with Crippen molar-refractivity contribution in [2.75, 3.05) is 0 Å². The summed E-state index contributed by atoms with van der Waals surface area (Å²) >= 11 is 2.02. The van der Waals surface area contributed by atoms with Gasteiger partial charge >= 0.3 is 27.0 Å². The van der Waals surface area contributed by atoms with Crippen molar-refractivity contribution < 1.29 is 26.9 Å². The molecule has 0 amide bonds. The van der Waals surface area contributed by atoms with E-state index < -0.39 is 0 Å². The van der Waals surface area contributed by atoms with Crippen molar-refractivity contribution in [2.45, 2.75) is 0 Å². The third kappa shape index (κ3) is 6.10. The van der Waals surface area contributed by atoms with Crippen LogP contribution in [0, 0.1) is 0 Å². The average Bonchev–Trinajstić information content (AvgIpc) is 2.85. The standard InChI is InChI=1S/C7H6N2.2CO.ClH.Rh/c1-2-6-3-5-9-7(6)8-4-1;2*1-2;;/h1-5H,(H,8,9);;;1H;/q;2*-1;;+3/p-1. The number of H-pyrrole nitrogens is 1. The molecule has 0 saturated carbocycles. The van der Waals surface area contributed by atoms with Crippen LogP contribution in [0.4, 0.5) is 0 Å². The first kappa shape index (κ1) is 16.4. The van der Waals surface area contributed by atoms with Gasteiger partial charge in [0.1, 0.15) is 5.65 Å². The average molecular weight is 313 g/mol. The van der Waals surface area contributed by atoms with Gasteiger partial charge in [0.15, 0.2) is 0 Å². The monoisotopic (exact) mass is 312 g/mol.